The summed E-state index contributed by atoms with van der Waals surface area (Å²) in [5.41, 5.74) is 1.92. The summed E-state index contributed by atoms with van der Waals surface area (Å²) in [4.78, 5) is 2.27. The summed E-state index contributed by atoms with van der Waals surface area (Å²) in [6.07, 6.45) is -4.68. The molecule has 0 spiro atoms. The molecule has 2 nitrogen and oxygen atoms in total. The van der Waals surface area contributed by atoms with Crippen molar-refractivity contribution in [1.82, 2.24) is 5.32 Å². The Labute approximate surface area is 125 Å². The molecule has 0 saturated carbocycles. The van der Waals surface area contributed by atoms with Crippen LogP contribution in [0.25, 0.3) is 0 Å². The van der Waals surface area contributed by atoms with Gasteiger partial charge in [-0.2, -0.15) is 0 Å². The van der Waals surface area contributed by atoms with Crippen LogP contribution < -0.4 is 10.1 Å². The highest BCUT2D eigenvalue weighted by Gasteiger charge is 2.31. The van der Waals surface area contributed by atoms with Crippen molar-refractivity contribution in [1.29, 1.82) is 0 Å². The molecule has 1 aromatic heterocycles. The van der Waals surface area contributed by atoms with Crippen LogP contribution in [0.1, 0.15) is 26.9 Å². The summed E-state index contributed by atoms with van der Waals surface area (Å²) >= 11 is 1.64. The first-order chi connectivity index (χ1) is 9.80. The molecule has 0 amide bonds. The molecule has 0 fully saturated rings. The molecule has 2 rings (SSSR count). The highest BCUT2D eigenvalue weighted by Crippen LogP contribution is 2.32. The van der Waals surface area contributed by atoms with Gasteiger partial charge in [0.05, 0.1) is 6.04 Å². The van der Waals surface area contributed by atoms with Gasteiger partial charge in [-0.3, -0.25) is 0 Å². The average molecular weight is 315 g/mol. The molecule has 21 heavy (non-hydrogen) atoms. The maximum absolute atomic E-state index is 12.3. The van der Waals surface area contributed by atoms with E-state index in [4.69, 9.17) is 0 Å². The van der Waals surface area contributed by atoms with Gasteiger partial charge in [-0.05, 0) is 50.2 Å². The second-order valence-electron chi connectivity index (χ2n) is 4.73. The van der Waals surface area contributed by atoms with Gasteiger partial charge in [0.2, 0.25) is 0 Å². The normalized spacial score (nSPS) is 13.2. The van der Waals surface area contributed by atoms with Crippen molar-refractivity contribution in [3.8, 4) is 5.75 Å². The summed E-state index contributed by atoms with van der Waals surface area (Å²) in [5.74, 6) is -0.203. The number of aryl methyl sites for hydroxylation is 2. The first-order valence-corrected chi connectivity index (χ1v) is 7.21. The smallest absolute Gasteiger partial charge is 0.406 e. The summed E-state index contributed by atoms with van der Waals surface area (Å²) in [6.45, 7) is 4.05. The Morgan fingerprint density at radius 1 is 1.19 bits per heavy atom. The number of nitrogens with one attached hydrogen (secondary N) is 1. The van der Waals surface area contributed by atoms with E-state index in [0.29, 0.717) is 0 Å². The molecule has 0 bridgehead atoms. The van der Waals surface area contributed by atoms with Crippen molar-refractivity contribution in [3.63, 3.8) is 0 Å². The third kappa shape index (κ3) is 3.98. The van der Waals surface area contributed by atoms with Crippen molar-refractivity contribution in [2.45, 2.75) is 26.3 Å². The molecule has 2 aromatic rings. The molecule has 0 radical (unpaired) electrons. The molecule has 1 unspecified atom stereocenters. The Bertz CT molecular complexity index is 602. The Morgan fingerprint density at radius 3 is 2.43 bits per heavy atom. The molecule has 6 heteroatoms. The van der Waals surface area contributed by atoms with Gasteiger partial charge in [0.1, 0.15) is 5.75 Å². The van der Waals surface area contributed by atoms with Crippen molar-refractivity contribution >= 4 is 11.3 Å². The summed E-state index contributed by atoms with van der Waals surface area (Å²) in [7, 11) is 1.78. The highest BCUT2D eigenvalue weighted by atomic mass is 32.1. The van der Waals surface area contributed by atoms with Gasteiger partial charge in [0.25, 0.3) is 0 Å². The fourth-order valence-electron chi connectivity index (χ4n) is 2.11. The van der Waals surface area contributed by atoms with Gasteiger partial charge in [0.15, 0.2) is 0 Å². The minimum absolute atomic E-state index is 0.154. The average Bonchev–Trinajstić information content (AvgIpc) is 2.68. The van der Waals surface area contributed by atoms with Gasteiger partial charge in [0, 0.05) is 9.75 Å². The predicted octanol–water partition coefficient (Wildman–Crippen LogP) is 4.57. The fourth-order valence-corrected chi connectivity index (χ4v) is 3.29. The molecule has 1 aromatic carbocycles. The van der Waals surface area contributed by atoms with Crippen LogP contribution in [-0.2, 0) is 0 Å². The first-order valence-electron chi connectivity index (χ1n) is 6.40. The fraction of sp³-hybridized carbons (Fsp3) is 0.333. The summed E-state index contributed by atoms with van der Waals surface area (Å²) in [5, 5.41) is 3.14. The third-order valence-electron chi connectivity index (χ3n) is 3.18. The van der Waals surface area contributed by atoms with E-state index < -0.39 is 6.36 Å². The predicted molar refractivity (Wildman–Crippen MR) is 77.8 cm³/mol. The number of hydrogen-bond acceptors (Lipinski definition) is 3. The number of alkyl halides is 3. The SMILES string of the molecule is CNC(c1cccc(OC(F)(F)F)c1)c1cc(C)c(C)s1. The minimum atomic E-state index is -4.68. The van der Waals surface area contributed by atoms with E-state index in [1.807, 2.05) is 13.8 Å². The van der Waals surface area contributed by atoms with E-state index in [-0.39, 0.29) is 11.8 Å². The van der Waals surface area contributed by atoms with Crippen LogP contribution in [0, 0.1) is 13.8 Å². The number of ether oxygens (including phenoxy) is 1. The molecule has 0 saturated heterocycles. The second kappa shape index (κ2) is 6.07. The van der Waals surface area contributed by atoms with Crippen LogP contribution in [0.4, 0.5) is 13.2 Å². The highest BCUT2D eigenvalue weighted by molar-refractivity contribution is 7.12. The zero-order valence-corrected chi connectivity index (χ0v) is 12.7. The van der Waals surface area contributed by atoms with Crippen molar-refractivity contribution in [2.24, 2.45) is 0 Å². The third-order valence-corrected chi connectivity index (χ3v) is 4.40. The molecule has 0 aliphatic heterocycles. The minimum Gasteiger partial charge on any atom is -0.406 e. The molecule has 0 aliphatic rings. The molecule has 114 valence electrons. The summed E-state index contributed by atoms with van der Waals surface area (Å²) < 4.78 is 40.9. The van der Waals surface area contributed by atoms with Crippen molar-refractivity contribution in [2.75, 3.05) is 7.05 Å². The number of benzene rings is 1. The summed E-state index contributed by atoms with van der Waals surface area (Å²) in [6, 6.07) is 7.97. The number of hydrogen-bond donors (Lipinski definition) is 1. The van der Waals surface area contributed by atoms with Gasteiger partial charge in [-0.1, -0.05) is 12.1 Å². The van der Waals surface area contributed by atoms with Gasteiger partial charge >= 0.3 is 6.36 Å². The van der Waals surface area contributed by atoms with Crippen LogP contribution in [0.5, 0.6) is 5.75 Å². The number of thiophene rings is 1. The van der Waals surface area contributed by atoms with Crippen LogP contribution in [0.15, 0.2) is 30.3 Å². The molecule has 0 aliphatic carbocycles. The van der Waals surface area contributed by atoms with Crippen molar-refractivity contribution in [3.05, 3.63) is 51.2 Å². The van der Waals surface area contributed by atoms with E-state index in [1.54, 1.807) is 30.5 Å². The van der Waals surface area contributed by atoms with Gasteiger partial charge < -0.3 is 10.1 Å². The Kier molecular flexibility index (Phi) is 4.58. The Hall–Kier alpha value is -1.53. The van der Waals surface area contributed by atoms with E-state index in [0.717, 1.165) is 10.4 Å². The van der Waals surface area contributed by atoms with Crippen LogP contribution in [0.2, 0.25) is 0 Å². The van der Waals surface area contributed by atoms with Crippen LogP contribution in [-0.4, -0.2) is 13.4 Å². The van der Waals surface area contributed by atoms with Gasteiger partial charge in [-0.15, -0.1) is 24.5 Å². The lowest BCUT2D eigenvalue weighted by atomic mass is 10.0. The molecular formula is C15H16F3NOS. The van der Waals surface area contributed by atoms with Crippen molar-refractivity contribution < 1.29 is 17.9 Å². The topological polar surface area (TPSA) is 21.3 Å². The lowest BCUT2D eigenvalue weighted by Crippen LogP contribution is -2.19. The lowest BCUT2D eigenvalue weighted by Gasteiger charge is -2.17. The Morgan fingerprint density at radius 2 is 1.90 bits per heavy atom. The largest absolute Gasteiger partial charge is 0.573 e. The Balaban J connectivity index is 2.32. The zero-order chi connectivity index (χ0) is 15.6. The number of halogens is 3. The van der Waals surface area contributed by atoms with E-state index >= 15 is 0 Å². The maximum Gasteiger partial charge on any atom is 0.573 e. The standard InChI is InChI=1S/C15H16F3NOS/c1-9-7-13(21-10(9)2)14(19-3)11-5-4-6-12(8-11)20-15(16,17)18/h4-8,14,19H,1-3H3. The molecule has 1 heterocycles. The molecular weight excluding hydrogens is 299 g/mol. The van der Waals surface area contributed by atoms with Crippen LogP contribution in [0.3, 0.4) is 0 Å². The molecule has 1 N–H and O–H groups in total. The molecule has 1 atom stereocenters. The van der Waals surface area contributed by atoms with E-state index in [2.05, 4.69) is 16.1 Å². The zero-order valence-electron chi connectivity index (χ0n) is 11.9. The van der Waals surface area contributed by atoms with Crippen LogP contribution >= 0.6 is 11.3 Å². The first kappa shape index (κ1) is 15.9. The van der Waals surface area contributed by atoms with E-state index in [1.165, 1.54) is 22.6 Å². The number of rotatable bonds is 4. The maximum atomic E-state index is 12.3. The second-order valence-corrected chi connectivity index (χ2v) is 6.02. The quantitative estimate of drug-likeness (QED) is 0.892. The van der Waals surface area contributed by atoms with Gasteiger partial charge in [-0.25, -0.2) is 0 Å². The lowest BCUT2D eigenvalue weighted by molar-refractivity contribution is -0.274. The van der Waals surface area contributed by atoms with E-state index in [9.17, 15) is 13.2 Å². The monoisotopic (exact) mass is 315 g/mol.